The molecule has 0 radical (unpaired) electrons. The second kappa shape index (κ2) is 1.70. The summed E-state index contributed by atoms with van der Waals surface area (Å²) in [5.41, 5.74) is 0. The Kier molecular flexibility index (Phi) is 1.87. The van der Waals surface area contributed by atoms with Gasteiger partial charge in [0, 0.05) is 0 Å². The summed E-state index contributed by atoms with van der Waals surface area (Å²) in [5, 5.41) is 0. The molecule has 0 aliphatic carbocycles. The van der Waals surface area contributed by atoms with Crippen LogP contribution in [0.5, 0.6) is 0 Å². The number of hydrogen-bond acceptors (Lipinski definition) is 0. The zero-order valence-electron chi connectivity index (χ0n) is 1.71. The SMILES string of the molecule is FB(F)Br. The van der Waals surface area contributed by atoms with Crippen LogP contribution in [0.4, 0.5) is 8.63 Å². The molecule has 0 atom stereocenters. The first-order chi connectivity index (χ1) is 1.73. The van der Waals surface area contributed by atoms with Crippen molar-refractivity contribution in [1.29, 1.82) is 0 Å². The lowest BCUT2D eigenvalue weighted by molar-refractivity contribution is 0.703. The summed E-state index contributed by atoms with van der Waals surface area (Å²) in [6.45, 7) is 0. The molecule has 0 aromatic heterocycles. The molecule has 0 spiro atoms. The van der Waals surface area contributed by atoms with E-state index in [1.54, 1.807) is 0 Å². The van der Waals surface area contributed by atoms with Crippen LogP contribution in [0.15, 0.2) is 0 Å². The summed E-state index contributed by atoms with van der Waals surface area (Å²) in [6, 6.07) is 0. The van der Waals surface area contributed by atoms with Crippen molar-refractivity contribution in [2.45, 2.75) is 0 Å². The fraction of sp³-hybridized carbons (Fsp3) is 0. The third-order valence-corrected chi connectivity index (χ3v) is 0. The summed E-state index contributed by atoms with van der Waals surface area (Å²) in [6.07, 6.45) is -2.35. The van der Waals surface area contributed by atoms with E-state index in [-0.39, 0.29) is 0 Å². The van der Waals surface area contributed by atoms with Gasteiger partial charge in [0.2, 0.25) is 0 Å². The summed E-state index contributed by atoms with van der Waals surface area (Å²) < 4.78 is 20.5. The molecule has 0 nitrogen and oxygen atoms in total. The number of hydrogen-bond donors (Lipinski definition) is 0. The van der Waals surface area contributed by atoms with Gasteiger partial charge in [0.15, 0.2) is 0 Å². The van der Waals surface area contributed by atoms with Crippen molar-refractivity contribution in [1.82, 2.24) is 0 Å². The lowest BCUT2D eigenvalue weighted by atomic mass is 10.6. The molecule has 0 fully saturated rings. The van der Waals surface area contributed by atoms with Crippen LogP contribution < -0.4 is 0 Å². The Morgan fingerprint density at radius 1 is 1.50 bits per heavy atom. The van der Waals surface area contributed by atoms with Gasteiger partial charge in [-0.05, 0) is 0 Å². The largest absolute Gasteiger partial charge is 0.616 e. The van der Waals surface area contributed by atoms with Crippen molar-refractivity contribution in [3.63, 3.8) is 0 Å². The average Bonchev–Trinajstić information content (AvgIpc) is 0.811. The Bertz CT molecular complexity index is 10.8. The molecule has 0 aliphatic heterocycles. The average molecular weight is 129 g/mol. The van der Waals surface area contributed by atoms with E-state index in [1.165, 1.54) is 0 Å². The van der Waals surface area contributed by atoms with Crippen LogP contribution in [0.3, 0.4) is 0 Å². The molecule has 0 amide bonds. The first-order valence-electron chi connectivity index (χ1n) is 0.655. The Morgan fingerprint density at radius 3 is 1.50 bits per heavy atom. The monoisotopic (exact) mass is 128 g/mol. The standard InChI is InChI=1S/BBrF2/c2-1(3)4. The lowest BCUT2D eigenvalue weighted by Crippen LogP contribution is -1.71. The maximum Gasteiger partial charge on any atom is 0.616 e. The molecule has 4 heavy (non-hydrogen) atoms. The Labute approximate surface area is 31.3 Å². The third kappa shape index (κ3) is 28.9. The molecule has 4 heteroatoms. The summed E-state index contributed by atoms with van der Waals surface area (Å²) in [7, 11) is 0. The molecule has 0 saturated carbocycles. The maximum absolute atomic E-state index is 10.2. The van der Waals surface area contributed by atoms with E-state index in [1.807, 2.05) is 15.8 Å². The van der Waals surface area contributed by atoms with E-state index in [2.05, 4.69) is 0 Å². The summed E-state index contributed by atoms with van der Waals surface area (Å²) in [5.74, 6) is 0. The van der Waals surface area contributed by atoms with Gasteiger partial charge in [0.1, 0.15) is 0 Å². The molecular formula is BBrF2. The molecule has 0 aromatic rings. The van der Waals surface area contributed by atoms with Gasteiger partial charge >= 0.3 is 6.09 Å². The van der Waals surface area contributed by atoms with Crippen LogP contribution in [0.1, 0.15) is 0 Å². The summed E-state index contributed by atoms with van der Waals surface area (Å²) in [4.78, 5) is 0. The molecule has 24 valence electrons. The highest BCUT2D eigenvalue weighted by Gasteiger charge is 1.99. The molecule has 0 N–H and O–H groups in total. The van der Waals surface area contributed by atoms with Gasteiger partial charge in [0.25, 0.3) is 0 Å². The molecule has 0 saturated heterocycles. The van der Waals surface area contributed by atoms with Crippen LogP contribution >= 0.6 is 15.8 Å². The molecule has 0 heterocycles. The Balaban J connectivity index is 2.32. The predicted molar refractivity (Wildman–Crippen MR) is 16.9 cm³/mol. The Morgan fingerprint density at radius 2 is 1.50 bits per heavy atom. The van der Waals surface area contributed by atoms with Crippen LogP contribution in [0.25, 0.3) is 0 Å². The minimum atomic E-state index is -2.35. The van der Waals surface area contributed by atoms with Crippen LogP contribution in [0, 0.1) is 0 Å². The van der Waals surface area contributed by atoms with E-state index in [0.29, 0.717) is 0 Å². The lowest BCUT2D eigenvalue weighted by Gasteiger charge is -1.58. The zero-order valence-corrected chi connectivity index (χ0v) is 3.30. The van der Waals surface area contributed by atoms with Crippen molar-refractivity contribution in [2.75, 3.05) is 0 Å². The van der Waals surface area contributed by atoms with Crippen molar-refractivity contribution >= 4 is 21.8 Å². The van der Waals surface area contributed by atoms with E-state index < -0.39 is 6.09 Å². The second-order valence-corrected chi connectivity index (χ2v) is 0.940. The van der Waals surface area contributed by atoms with Crippen molar-refractivity contribution in [3.05, 3.63) is 0 Å². The minimum Gasteiger partial charge on any atom is -0.274 e. The smallest absolute Gasteiger partial charge is 0.274 e. The quantitative estimate of drug-likeness (QED) is 0.432. The molecule has 0 bridgehead atoms. The van der Waals surface area contributed by atoms with Crippen molar-refractivity contribution in [3.8, 4) is 0 Å². The van der Waals surface area contributed by atoms with E-state index in [0.717, 1.165) is 0 Å². The van der Waals surface area contributed by atoms with Crippen LogP contribution in [-0.2, 0) is 0 Å². The number of halogens is 3. The number of rotatable bonds is 0. The van der Waals surface area contributed by atoms with Gasteiger partial charge in [0.05, 0.1) is 0 Å². The van der Waals surface area contributed by atoms with E-state index >= 15 is 0 Å². The molecular weight excluding hydrogens is 129 g/mol. The van der Waals surface area contributed by atoms with E-state index in [9.17, 15) is 8.63 Å². The van der Waals surface area contributed by atoms with Gasteiger partial charge in [-0.15, -0.1) is 0 Å². The van der Waals surface area contributed by atoms with Crippen LogP contribution in [-0.4, -0.2) is 6.09 Å². The predicted octanol–water partition coefficient (Wildman–Crippen LogP) is 1.31. The minimum absolute atomic E-state index is 1.94. The van der Waals surface area contributed by atoms with Gasteiger partial charge in [-0.25, -0.2) is 0 Å². The topological polar surface area (TPSA) is 0 Å². The van der Waals surface area contributed by atoms with Crippen molar-refractivity contribution in [2.24, 2.45) is 0 Å². The highest BCUT2D eigenvalue weighted by molar-refractivity contribution is 9.24. The molecule has 0 aromatic carbocycles. The highest BCUT2D eigenvalue weighted by Crippen LogP contribution is 1.91. The second-order valence-electron chi connectivity index (χ2n) is 0.247. The van der Waals surface area contributed by atoms with Crippen molar-refractivity contribution < 1.29 is 8.63 Å². The van der Waals surface area contributed by atoms with Gasteiger partial charge < -0.3 is 0 Å². The first-order valence-corrected chi connectivity index (χ1v) is 1.57. The van der Waals surface area contributed by atoms with Gasteiger partial charge in [-0.2, -0.15) is 0 Å². The highest BCUT2D eigenvalue weighted by atomic mass is 79.9. The fourth-order valence-corrected chi connectivity index (χ4v) is 0. The summed E-state index contributed by atoms with van der Waals surface area (Å²) >= 11 is 1.94. The van der Waals surface area contributed by atoms with Gasteiger partial charge in [-0.1, -0.05) is 15.8 Å². The zero-order chi connectivity index (χ0) is 3.58. The normalized spacial score (nSPS) is 6.75. The van der Waals surface area contributed by atoms with Crippen LogP contribution in [0.2, 0.25) is 0 Å². The van der Waals surface area contributed by atoms with E-state index in [4.69, 9.17) is 0 Å². The van der Waals surface area contributed by atoms with Gasteiger partial charge in [-0.3, -0.25) is 8.63 Å². The Hall–Kier alpha value is 0.405. The fourth-order valence-electron chi connectivity index (χ4n) is 0. The molecule has 0 aliphatic rings. The molecule has 0 unspecified atom stereocenters. The third-order valence-electron chi connectivity index (χ3n) is 0. The first kappa shape index (κ1) is 4.40. The maximum atomic E-state index is 10.2. The molecule has 0 rings (SSSR count).